The van der Waals surface area contributed by atoms with Crippen LogP contribution in [-0.2, 0) is 14.1 Å². The number of alkyl halides is 3. The first-order valence-electron chi connectivity index (χ1n) is 10.8. The summed E-state index contributed by atoms with van der Waals surface area (Å²) in [7, 11) is -5.99. The monoisotopic (exact) mass is 506 g/mol. The van der Waals surface area contributed by atoms with E-state index in [0.29, 0.717) is 27.9 Å². The molecule has 0 amide bonds. The van der Waals surface area contributed by atoms with Crippen molar-refractivity contribution in [2.75, 3.05) is 6.66 Å². The second-order valence-electron chi connectivity index (χ2n) is 8.03. The summed E-state index contributed by atoms with van der Waals surface area (Å²) in [4.78, 5) is 0. The zero-order valence-corrected chi connectivity index (χ0v) is 20.6. The van der Waals surface area contributed by atoms with Crippen LogP contribution in [0, 0.1) is 11.8 Å². The zero-order valence-electron chi connectivity index (χ0n) is 18.9. The first kappa shape index (κ1) is 26.0. The molecule has 0 aliphatic carbocycles. The van der Waals surface area contributed by atoms with Crippen molar-refractivity contribution < 1.29 is 25.6 Å². The minimum absolute atomic E-state index is 0.322. The van der Waals surface area contributed by atoms with Gasteiger partial charge in [0.05, 0.1) is 0 Å². The van der Waals surface area contributed by atoms with E-state index in [0.717, 1.165) is 12.8 Å². The molecule has 0 bridgehead atoms. The van der Waals surface area contributed by atoms with Gasteiger partial charge in [-0.2, -0.15) is 0 Å². The molecule has 3 aromatic carbocycles. The minimum atomic E-state index is -5.99. The Balaban J connectivity index is 2.48. The van der Waals surface area contributed by atoms with E-state index in [1.807, 2.05) is 6.92 Å². The normalized spacial score (nSPS) is 13.4. The Morgan fingerprint density at radius 3 is 1.85 bits per heavy atom. The Labute approximate surface area is 199 Å². The average Bonchev–Trinajstić information content (AvgIpc) is 2.82. The molecule has 0 radical (unpaired) electrons. The molecule has 8 heteroatoms. The third kappa shape index (κ3) is 4.77. The molecule has 0 aliphatic heterocycles. The molecular weight excluding hydrogens is 480 g/mol. The molecule has 0 saturated carbocycles. The first-order valence-corrected chi connectivity index (χ1v) is 14.8. The van der Waals surface area contributed by atoms with Gasteiger partial charge in [-0.05, 0) is 0 Å². The van der Waals surface area contributed by atoms with Crippen LogP contribution in [0.2, 0.25) is 0 Å². The van der Waals surface area contributed by atoms with Crippen LogP contribution < -0.4 is 15.9 Å². The van der Waals surface area contributed by atoms with Crippen molar-refractivity contribution in [3.63, 3.8) is 0 Å². The van der Waals surface area contributed by atoms with Gasteiger partial charge in [0, 0.05) is 0 Å². The van der Waals surface area contributed by atoms with Gasteiger partial charge >= 0.3 is 199 Å². The molecule has 3 nitrogen and oxygen atoms in total. The summed E-state index contributed by atoms with van der Waals surface area (Å²) in [5, 5.41) is 1.01. The Hall–Kier alpha value is -2.65. The summed E-state index contributed by atoms with van der Waals surface area (Å²) in [6, 6.07) is 23.2. The molecule has 34 heavy (non-hydrogen) atoms. The Bertz CT molecular complexity index is 1260. The van der Waals surface area contributed by atoms with Gasteiger partial charge in [0.2, 0.25) is 0 Å². The van der Waals surface area contributed by atoms with Crippen LogP contribution in [0.1, 0.15) is 31.7 Å². The van der Waals surface area contributed by atoms with E-state index in [4.69, 9.17) is 3.97 Å². The summed E-state index contributed by atoms with van der Waals surface area (Å²) in [6.07, 6.45) is 2.44. The SMILES string of the molecule is CCCCC#Cc1ccccc1P(C)(OS(=O)(=O)C(F)(F)F)(c1ccccc1)c1ccccc1. The number of benzene rings is 3. The van der Waals surface area contributed by atoms with Crippen LogP contribution in [0.3, 0.4) is 0 Å². The molecule has 0 unspecified atom stereocenters. The zero-order chi connectivity index (χ0) is 24.9. The third-order valence-corrected chi connectivity index (χ3v) is 13.2. The second kappa shape index (κ2) is 9.92. The molecule has 0 N–H and O–H groups in total. The van der Waals surface area contributed by atoms with Crippen molar-refractivity contribution in [1.29, 1.82) is 0 Å². The average molecular weight is 507 g/mol. The summed E-state index contributed by atoms with van der Waals surface area (Å²) < 4.78 is 72.1. The molecule has 0 atom stereocenters. The number of halogens is 3. The fraction of sp³-hybridized carbons (Fsp3) is 0.231. The third-order valence-electron chi connectivity index (χ3n) is 5.69. The van der Waals surface area contributed by atoms with Crippen LogP contribution in [0.5, 0.6) is 0 Å². The van der Waals surface area contributed by atoms with E-state index in [2.05, 4.69) is 11.8 Å². The Morgan fingerprint density at radius 1 is 0.853 bits per heavy atom. The molecule has 0 heterocycles. The van der Waals surface area contributed by atoms with E-state index in [9.17, 15) is 21.6 Å². The van der Waals surface area contributed by atoms with Gasteiger partial charge in [-0.3, -0.25) is 0 Å². The van der Waals surface area contributed by atoms with Crippen LogP contribution in [0.4, 0.5) is 13.2 Å². The van der Waals surface area contributed by atoms with E-state index < -0.39 is 22.5 Å². The van der Waals surface area contributed by atoms with Crippen molar-refractivity contribution in [2.45, 2.75) is 31.7 Å². The van der Waals surface area contributed by atoms with E-state index in [-0.39, 0.29) is 0 Å². The first-order chi connectivity index (χ1) is 16.0. The van der Waals surface area contributed by atoms with Crippen LogP contribution >= 0.6 is 6.83 Å². The van der Waals surface area contributed by atoms with Crippen molar-refractivity contribution >= 4 is 32.9 Å². The van der Waals surface area contributed by atoms with Crippen molar-refractivity contribution in [2.24, 2.45) is 0 Å². The number of unbranched alkanes of at least 4 members (excludes halogenated alkanes) is 2. The molecule has 0 saturated heterocycles. The van der Waals surface area contributed by atoms with Gasteiger partial charge in [-0.1, -0.05) is 0 Å². The molecule has 0 fully saturated rings. The molecule has 3 aromatic rings. The van der Waals surface area contributed by atoms with Gasteiger partial charge in [0.25, 0.3) is 0 Å². The predicted molar refractivity (Wildman–Crippen MR) is 134 cm³/mol. The Morgan fingerprint density at radius 2 is 1.35 bits per heavy atom. The van der Waals surface area contributed by atoms with Gasteiger partial charge in [-0.15, -0.1) is 0 Å². The van der Waals surface area contributed by atoms with Gasteiger partial charge in [0.1, 0.15) is 0 Å². The fourth-order valence-corrected chi connectivity index (χ4v) is 11.0. The maximum absolute atomic E-state index is 13.7. The molecule has 0 spiro atoms. The van der Waals surface area contributed by atoms with Crippen molar-refractivity contribution in [1.82, 2.24) is 0 Å². The standard InChI is InChI=1S/C26H26F3O3PS/c1-3-4-5-8-15-22-16-13-14-21-25(22)33(2,23-17-9-6-10-18-23,24-19-11-7-12-20-24)32-34(30,31)26(27,28)29/h6-7,9-14,16-21H,3-5H2,1-2H3. The van der Waals surface area contributed by atoms with E-state index in [1.165, 1.54) is 6.66 Å². The number of hydrogen-bond acceptors (Lipinski definition) is 3. The summed E-state index contributed by atoms with van der Waals surface area (Å²) >= 11 is 0. The number of hydrogen-bond donors (Lipinski definition) is 0. The maximum atomic E-state index is 13.7. The van der Waals surface area contributed by atoms with E-state index >= 15 is 0 Å². The quantitative estimate of drug-likeness (QED) is 0.185. The topological polar surface area (TPSA) is 43.4 Å². The van der Waals surface area contributed by atoms with Crippen LogP contribution in [0.15, 0.2) is 84.9 Å². The van der Waals surface area contributed by atoms with Crippen LogP contribution in [0.25, 0.3) is 0 Å². The fourth-order valence-electron chi connectivity index (χ4n) is 3.89. The summed E-state index contributed by atoms with van der Waals surface area (Å²) in [5.74, 6) is 6.14. The van der Waals surface area contributed by atoms with Gasteiger partial charge in [-0.25, -0.2) is 0 Å². The molecule has 0 aliphatic rings. The summed E-state index contributed by atoms with van der Waals surface area (Å²) in [5.41, 5.74) is -5.17. The van der Waals surface area contributed by atoms with Crippen LogP contribution in [-0.4, -0.2) is 20.6 Å². The van der Waals surface area contributed by atoms with Gasteiger partial charge < -0.3 is 0 Å². The molecule has 3 rings (SSSR count). The Kier molecular flexibility index (Phi) is 7.57. The van der Waals surface area contributed by atoms with Gasteiger partial charge in [0.15, 0.2) is 0 Å². The van der Waals surface area contributed by atoms with Crippen molar-refractivity contribution in [3.8, 4) is 11.8 Å². The van der Waals surface area contributed by atoms with E-state index in [1.54, 1.807) is 84.9 Å². The second-order valence-corrected chi connectivity index (χ2v) is 14.4. The van der Waals surface area contributed by atoms with Crippen molar-refractivity contribution in [3.05, 3.63) is 90.5 Å². The number of rotatable bonds is 7. The molecule has 180 valence electrons. The summed E-state index contributed by atoms with van der Waals surface area (Å²) in [6.45, 7) is -1.19. The molecule has 0 aromatic heterocycles. The predicted octanol–water partition coefficient (Wildman–Crippen LogP) is 5.47. The molecular formula is C26H26F3O3PS.